The Kier molecular flexibility index (Phi) is 11.1. The van der Waals surface area contributed by atoms with Crippen molar-refractivity contribution in [3.8, 4) is 0 Å². The quantitative estimate of drug-likeness (QED) is 0.473. The molecule has 0 bridgehead atoms. The highest BCUT2D eigenvalue weighted by molar-refractivity contribution is 5.45. The number of hydrogen-bond acceptors (Lipinski definition) is 3. The molecule has 1 amide bonds. The Morgan fingerprint density at radius 2 is 2.00 bits per heavy atom. The van der Waals surface area contributed by atoms with Gasteiger partial charge in [-0.2, -0.15) is 0 Å². The van der Waals surface area contributed by atoms with E-state index < -0.39 is 6.29 Å². The summed E-state index contributed by atoms with van der Waals surface area (Å²) in [5.74, 6) is 0. The van der Waals surface area contributed by atoms with Crippen molar-refractivity contribution in [2.24, 2.45) is 0 Å². The molecule has 0 saturated carbocycles. The standard InChI is InChI=1S/C4H10O2.C3H7NO/c1-3-4(5)6-2;1-4(2)3-5/h4-5H,3H2,1-2H3;3H,1-2H3. The highest BCUT2D eigenvalue weighted by Gasteiger charge is 1.90. The van der Waals surface area contributed by atoms with Gasteiger partial charge < -0.3 is 14.7 Å². The lowest BCUT2D eigenvalue weighted by Crippen LogP contribution is -2.06. The second-order valence-electron chi connectivity index (χ2n) is 2.17. The van der Waals surface area contributed by atoms with E-state index in [2.05, 4.69) is 4.74 Å². The van der Waals surface area contributed by atoms with E-state index >= 15 is 0 Å². The molecule has 0 spiro atoms. The first-order valence-corrected chi connectivity index (χ1v) is 3.41. The van der Waals surface area contributed by atoms with E-state index in [9.17, 15) is 4.79 Å². The molecule has 4 nitrogen and oxygen atoms in total. The maximum absolute atomic E-state index is 9.43. The van der Waals surface area contributed by atoms with E-state index in [4.69, 9.17) is 5.11 Å². The van der Waals surface area contributed by atoms with Crippen LogP contribution >= 0.6 is 0 Å². The molecule has 1 atom stereocenters. The van der Waals surface area contributed by atoms with Crippen molar-refractivity contribution in [1.29, 1.82) is 0 Å². The van der Waals surface area contributed by atoms with E-state index in [1.54, 1.807) is 14.1 Å². The van der Waals surface area contributed by atoms with Crippen LogP contribution in [-0.4, -0.2) is 43.9 Å². The number of aliphatic hydroxyl groups excluding tert-OH is 1. The average Bonchev–Trinajstić information content (AvgIpc) is 2.04. The fraction of sp³-hybridized carbons (Fsp3) is 0.857. The van der Waals surface area contributed by atoms with Crippen LogP contribution in [-0.2, 0) is 9.53 Å². The maximum atomic E-state index is 9.43. The molecule has 0 aromatic rings. The third-order valence-corrected chi connectivity index (χ3v) is 0.832. The van der Waals surface area contributed by atoms with Gasteiger partial charge in [-0.15, -0.1) is 0 Å². The van der Waals surface area contributed by atoms with Gasteiger partial charge in [-0.25, -0.2) is 0 Å². The number of carbonyl (C=O) groups is 1. The van der Waals surface area contributed by atoms with Crippen LogP contribution in [0.5, 0.6) is 0 Å². The summed E-state index contributed by atoms with van der Waals surface area (Å²) >= 11 is 0. The van der Waals surface area contributed by atoms with E-state index in [1.165, 1.54) is 12.0 Å². The van der Waals surface area contributed by atoms with Crippen LogP contribution in [0.25, 0.3) is 0 Å². The largest absolute Gasteiger partial charge is 0.368 e. The summed E-state index contributed by atoms with van der Waals surface area (Å²) in [6.45, 7) is 1.86. The van der Waals surface area contributed by atoms with Crippen LogP contribution in [0.2, 0.25) is 0 Å². The molecule has 0 fully saturated rings. The average molecular weight is 163 g/mol. The molecule has 4 heteroatoms. The molecule has 68 valence electrons. The van der Waals surface area contributed by atoms with Gasteiger partial charge in [-0.1, -0.05) is 6.92 Å². The van der Waals surface area contributed by atoms with Gasteiger partial charge in [0.2, 0.25) is 6.41 Å². The topological polar surface area (TPSA) is 49.8 Å². The Morgan fingerprint density at radius 1 is 1.64 bits per heavy atom. The van der Waals surface area contributed by atoms with Crippen LogP contribution in [0.3, 0.4) is 0 Å². The highest BCUT2D eigenvalue weighted by Crippen LogP contribution is 1.85. The number of amides is 1. The number of hydrogen-bond donors (Lipinski definition) is 1. The monoisotopic (exact) mass is 163 g/mol. The Hall–Kier alpha value is -0.610. The predicted octanol–water partition coefficient (Wildman–Crippen LogP) is 0.0656. The molecule has 1 N–H and O–H groups in total. The summed E-state index contributed by atoms with van der Waals surface area (Å²) in [5.41, 5.74) is 0. The fourth-order valence-corrected chi connectivity index (χ4v) is 0.167. The molecule has 0 heterocycles. The summed E-state index contributed by atoms with van der Waals surface area (Å²) < 4.78 is 4.45. The van der Waals surface area contributed by atoms with Crippen molar-refractivity contribution in [3.05, 3.63) is 0 Å². The zero-order chi connectivity index (χ0) is 9.28. The Balaban J connectivity index is 0. The van der Waals surface area contributed by atoms with Gasteiger partial charge in [-0.05, 0) is 6.42 Å². The second-order valence-corrected chi connectivity index (χ2v) is 2.17. The van der Waals surface area contributed by atoms with Crippen LogP contribution in [0.1, 0.15) is 13.3 Å². The van der Waals surface area contributed by atoms with Crippen LogP contribution in [0, 0.1) is 0 Å². The zero-order valence-corrected chi connectivity index (χ0v) is 7.57. The van der Waals surface area contributed by atoms with Gasteiger partial charge in [0.05, 0.1) is 0 Å². The molecule has 0 aliphatic rings. The van der Waals surface area contributed by atoms with Crippen molar-refractivity contribution in [2.45, 2.75) is 19.6 Å². The summed E-state index contributed by atoms with van der Waals surface area (Å²) in [5, 5.41) is 8.44. The maximum Gasteiger partial charge on any atom is 0.209 e. The predicted molar refractivity (Wildman–Crippen MR) is 43.1 cm³/mol. The van der Waals surface area contributed by atoms with Crippen LogP contribution < -0.4 is 0 Å². The van der Waals surface area contributed by atoms with E-state index in [-0.39, 0.29) is 0 Å². The summed E-state index contributed by atoms with van der Waals surface area (Å²) in [6.07, 6.45) is 0.848. The summed E-state index contributed by atoms with van der Waals surface area (Å²) in [4.78, 5) is 10.9. The van der Waals surface area contributed by atoms with Crippen LogP contribution in [0.4, 0.5) is 0 Å². The highest BCUT2D eigenvalue weighted by atomic mass is 16.6. The lowest BCUT2D eigenvalue weighted by Gasteiger charge is -2.00. The molecule has 11 heavy (non-hydrogen) atoms. The SMILES string of the molecule is CCC(O)OC.CN(C)C=O. The Labute approximate surface area is 67.8 Å². The van der Waals surface area contributed by atoms with Gasteiger partial charge in [0.15, 0.2) is 6.29 Å². The smallest absolute Gasteiger partial charge is 0.209 e. The van der Waals surface area contributed by atoms with E-state index in [0.717, 1.165) is 6.41 Å². The molecular formula is C7H17NO3. The number of aliphatic hydroxyl groups is 1. The molecule has 1 unspecified atom stereocenters. The molecule has 0 aliphatic heterocycles. The number of carbonyl (C=O) groups excluding carboxylic acids is 1. The van der Waals surface area contributed by atoms with Crippen molar-refractivity contribution in [1.82, 2.24) is 4.90 Å². The minimum absolute atomic E-state index is 0.565. The first-order valence-electron chi connectivity index (χ1n) is 3.41. The van der Waals surface area contributed by atoms with E-state index in [0.29, 0.717) is 6.42 Å². The second kappa shape index (κ2) is 9.39. The zero-order valence-electron chi connectivity index (χ0n) is 7.57. The van der Waals surface area contributed by atoms with Crippen molar-refractivity contribution in [3.63, 3.8) is 0 Å². The van der Waals surface area contributed by atoms with Crippen LogP contribution in [0.15, 0.2) is 0 Å². The minimum atomic E-state index is -0.565. The molecule has 0 aliphatic carbocycles. The van der Waals surface area contributed by atoms with Gasteiger partial charge in [0.1, 0.15) is 0 Å². The van der Waals surface area contributed by atoms with Crippen molar-refractivity contribution >= 4 is 6.41 Å². The lowest BCUT2D eigenvalue weighted by atomic mass is 10.5. The summed E-state index contributed by atoms with van der Waals surface area (Å²) in [7, 11) is 4.86. The molecule has 0 aromatic heterocycles. The van der Waals surface area contributed by atoms with Gasteiger partial charge in [-0.3, -0.25) is 4.79 Å². The fourth-order valence-electron chi connectivity index (χ4n) is 0.167. The normalized spacial score (nSPS) is 11.0. The van der Waals surface area contributed by atoms with Crippen molar-refractivity contribution in [2.75, 3.05) is 21.2 Å². The molecule has 0 saturated heterocycles. The first kappa shape index (κ1) is 13.0. The number of ether oxygens (including phenoxy) is 1. The molecular weight excluding hydrogens is 146 g/mol. The Bertz CT molecular complexity index is 81.8. The molecule has 0 radical (unpaired) electrons. The third kappa shape index (κ3) is 17.7. The number of nitrogens with zero attached hydrogens (tertiary/aromatic N) is 1. The van der Waals surface area contributed by atoms with Crippen molar-refractivity contribution < 1.29 is 14.6 Å². The van der Waals surface area contributed by atoms with Gasteiger partial charge in [0.25, 0.3) is 0 Å². The summed E-state index contributed by atoms with van der Waals surface area (Å²) in [6, 6.07) is 0. The number of methoxy groups -OCH3 is 1. The first-order chi connectivity index (χ1) is 5.08. The third-order valence-electron chi connectivity index (χ3n) is 0.832. The Morgan fingerprint density at radius 3 is 2.00 bits per heavy atom. The minimum Gasteiger partial charge on any atom is -0.368 e. The van der Waals surface area contributed by atoms with Gasteiger partial charge >= 0.3 is 0 Å². The van der Waals surface area contributed by atoms with E-state index in [1.807, 2.05) is 6.92 Å². The molecule has 0 rings (SSSR count). The molecule has 0 aromatic carbocycles. The van der Waals surface area contributed by atoms with Gasteiger partial charge in [0, 0.05) is 21.2 Å². The number of rotatable bonds is 3. The lowest BCUT2D eigenvalue weighted by molar-refractivity contribution is -0.115.